The number of halogens is 2. The van der Waals surface area contributed by atoms with E-state index in [0.717, 1.165) is 10.5 Å². The molecule has 0 saturated carbocycles. The van der Waals surface area contributed by atoms with Crippen molar-refractivity contribution in [3.05, 3.63) is 58.4 Å². The molecule has 0 aliphatic carbocycles. The Bertz CT molecular complexity index is 679. The maximum Gasteiger partial charge on any atom is 0.340 e. The normalized spacial score (nSPS) is 10.4. The number of methoxy groups -OCH3 is 1. The summed E-state index contributed by atoms with van der Waals surface area (Å²) in [4.78, 5) is 12.1. The third-order valence-electron chi connectivity index (χ3n) is 2.79. The molecule has 110 valence electrons. The van der Waals surface area contributed by atoms with Crippen LogP contribution in [0.1, 0.15) is 15.9 Å². The summed E-state index contributed by atoms with van der Waals surface area (Å²) in [5.74, 6) is -0.772. The van der Waals surface area contributed by atoms with Crippen molar-refractivity contribution in [2.75, 3.05) is 12.8 Å². The number of nitrogens with two attached hydrogens (primary N) is 1. The predicted octanol–water partition coefficient (Wildman–Crippen LogP) is 4.14. The molecule has 0 saturated heterocycles. The van der Waals surface area contributed by atoms with Gasteiger partial charge in [-0.05, 0) is 35.9 Å². The second-order valence-electron chi connectivity index (χ2n) is 4.28. The molecule has 0 aliphatic rings. The van der Waals surface area contributed by atoms with E-state index in [1.807, 2.05) is 0 Å². The van der Waals surface area contributed by atoms with Gasteiger partial charge in [-0.25, -0.2) is 9.18 Å². The summed E-state index contributed by atoms with van der Waals surface area (Å²) in [7, 11) is 1.22. The van der Waals surface area contributed by atoms with Crippen LogP contribution >= 0.6 is 23.4 Å². The van der Waals surface area contributed by atoms with Gasteiger partial charge in [-0.1, -0.05) is 17.7 Å². The molecule has 0 spiro atoms. The summed E-state index contributed by atoms with van der Waals surface area (Å²) in [6.45, 7) is 0. The minimum absolute atomic E-state index is 0.0757. The molecule has 2 N–H and O–H groups in total. The van der Waals surface area contributed by atoms with Gasteiger partial charge in [-0.2, -0.15) is 0 Å². The van der Waals surface area contributed by atoms with Gasteiger partial charge < -0.3 is 10.5 Å². The quantitative estimate of drug-likeness (QED) is 0.521. The number of anilines is 1. The maximum absolute atomic E-state index is 13.8. The molecule has 0 unspecified atom stereocenters. The Hall–Kier alpha value is -1.72. The summed E-state index contributed by atoms with van der Waals surface area (Å²) in [6.07, 6.45) is 0. The summed E-state index contributed by atoms with van der Waals surface area (Å²) in [5.41, 5.74) is 6.99. The van der Waals surface area contributed by atoms with Gasteiger partial charge in [0.1, 0.15) is 5.82 Å². The topological polar surface area (TPSA) is 52.3 Å². The lowest BCUT2D eigenvalue weighted by atomic mass is 10.1. The van der Waals surface area contributed by atoms with Gasteiger partial charge in [0.25, 0.3) is 0 Å². The summed E-state index contributed by atoms with van der Waals surface area (Å²) >= 11 is 7.52. The molecule has 2 aromatic carbocycles. The fraction of sp³-hybridized carbons (Fsp3) is 0.133. The lowest BCUT2D eigenvalue weighted by Gasteiger charge is -2.07. The van der Waals surface area contributed by atoms with Crippen molar-refractivity contribution in [3.63, 3.8) is 0 Å². The molecule has 0 amide bonds. The van der Waals surface area contributed by atoms with Crippen molar-refractivity contribution >= 4 is 35.0 Å². The third-order valence-corrected chi connectivity index (χ3v) is 4.36. The molecular formula is C15H13ClFNO2S. The van der Waals surface area contributed by atoms with Crippen molar-refractivity contribution in [1.29, 1.82) is 0 Å². The van der Waals surface area contributed by atoms with Crippen LogP contribution in [-0.4, -0.2) is 13.1 Å². The van der Waals surface area contributed by atoms with Gasteiger partial charge in [0.2, 0.25) is 0 Å². The molecule has 0 radical (unpaired) electrons. The average molecular weight is 326 g/mol. The first-order chi connectivity index (χ1) is 10.0. The Labute approximate surface area is 131 Å². The predicted molar refractivity (Wildman–Crippen MR) is 83.2 cm³/mol. The van der Waals surface area contributed by atoms with E-state index in [9.17, 15) is 9.18 Å². The minimum atomic E-state index is -0.689. The molecule has 6 heteroatoms. The summed E-state index contributed by atoms with van der Waals surface area (Å²) in [6, 6.07) is 9.63. The lowest BCUT2D eigenvalue weighted by Crippen LogP contribution is -2.04. The van der Waals surface area contributed by atoms with Crippen LogP contribution in [0, 0.1) is 5.82 Å². The monoisotopic (exact) mass is 325 g/mol. The molecule has 2 rings (SSSR count). The van der Waals surface area contributed by atoms with Crippen molar-refractivity contribution in [2.24, 2.45) is 0 Å². The third kappa shape index (κ3) is 3.89. The number of thioether (sulfide) groups is 1. The smallest absolute Gasteiger partial charge is 0.340 e. The molecule has 3 nitrogen and oxygen atoms in total. The van der Waals surface area contributed by atoms with E-state index in [4.69, 9.17) is 17.3 Å². The number of carbonyl (C=O) groups excluding carboxylic acids is 1. The van der Waals surface area contributed by atoms with Crippen molar-refractivity contribution in [3.8, 4) is 0 Å². The second kappa shape index (κ2) is 6.83. The van der Waals surface area contributed by atoms with Crippen molar-refractivity contribution in [1.82, 2.24) is 0 Å². The van der Waals surface area contributed by atoms with Crippen LogP contribution in [0.3, 0.4) is 0 Å². The molecular weight excluding hydrogens is 313 g/mol. The van der Waals surface area contributed by atoms with Crippen LogP contribution in [0.4, 0.5) is 10.1 Å². The summed E-state index contributed by atoms with van der Waals surface area (Å²) < 4.78 is 18.3. The van der Waals surface area contributed by atoms with E-state index >= 15 is 0 Å². The van der Waals surface area contributed by atoms with Crippen LogP contribution in [-0.2, 0) is 10.5 Å². The number of carbonyl (C=O) groups is 1. The maximum atomic E-state index is 13.8. The van der Waals surface area contributed by atoms with Gasteiger partial charge in [0.15, 0.2) is 0 Å². The highest BCUT2D eigenvalue weighted by atomic mass is 35.5. The van der Waals surface area contributed by atoms with E-state index in [0.29, 0.717) is 16.5 Å². The largest absolute Gasteiger partial charge is 0.465 e. The second-order valence-corrected chi connectivity index (χ2v) is 5.71. The first kappa shape index (κ1) is 15.7. The van der Waals surface area contributed by atoms with Crippen molar-refractivity contribution in [2.45, 2.75) is 10.6 Å². The first-order valence-electron chi connectivity index (χ1n) is 6.06. The van der Waals surface area contributed by atoms with E-state index < -0.39 is 11.8 Å². The van der Waals surface area contributed by atoms with Gasteiger partial charge in [-0.3, -0.25) is 0 Å². The van der Waals surface area contributed by atoms with E-state index in [1.54, 1.807) is 24.3 Å². The molecule has 0 aliphatic heterocycles. The standard InChI is InChI=1S/C15H13ClFNO2S/c1-20-15(19)11-4-2-9(6-13(11)17)8-21-14-7-10(18)3-5-12(14)16/h2-7H,8,18H2,1H3. The zero-order chi connectivity index (χ0) is 15.4. The van der Waals surface area contributed by atoms with Gasteiger partial charge in [0.05, 0.1) is 17.7 Å². The van der Waals surface area contributed by atoms with Crippen LogP contribution in [0.25, 0.3) is 0 Å². The molecule has 0 fully saturated rings. The fourth-order valence-corrected chi connectivity index (χ4v) is 2.92. The number of nitrogen functional groups attached to an aromatic ring is 1. The van der Waals surface area contributed by atoms with Gasteiger partial charge in [0, 0.05) is 16.3 Å². The SMILES string of the molecule is COC(=O)c1ccc(CSc2cc(N)ccc2Cl)cc1F. The fourth-order valence-electron chi connectivity index (χ4n) is 1.72. The Morgan fingerprint density at radius 3 is 2.76 bits per heavy atom. The highest BCUT2D eigenvalue weighted by molar-refractivity contribution is 7.98. The Morgan fingerprint density at radius 1 is 1.33 bits per heavy atom. The average Bonchev–Trinajstić information content (AvgIpc) is 2.47. The number of hydrogen-bond donors (Lipinski definition) is 1. The number of hydrogen-bond acceptors (Lipinski definition) is 4. The Morgan fingerprint density at radius 2 is 2.10 bits per heavy atom. The van der Waals surface area contributed by atoms with E-state index in [-0.39, 0.29) is 5.56 Å². The number of esters is 1. The Kier molecular flexibility index (Phi) is 5.09. The highest BCUT2D eigenvalue weighted by Gasteiger charge is 2.12. The van der Waals surface area contributed by atoms with Crippen molar-refractivity contribution < 1.29 is 13.9 Å². The molecule has 2 aromatic rings. The number of benzene rings is 2. The molecule has 0 atom stereocenters. The zero-order valence-corrected chi connectivity index (χ0v) is 12.8. The number of ether oxygens (including phenoxy) is 1. The Balaban J connectivity index is 2.12. The van der Waals surface area contributed by atoms with E-state index in [2.05, 4.69) is 4.74 Å². The molecule has 0 bridgehead atoms. The number of rotatable bonds is 4. The van der Waals surface area contributed by atoms with Crippen LogP contribution < -0.4 is 5.73 Å². The van der Waals surface area contributed by atoms with Crippen LogP contribution in [0.2, 0.25) is 5.02 Å². The first-order valence-corrected chi connectivity index (χ1v) is 7.42. The van der Waals surface area contributed by atoms with Gasteiger partial charge in [-0.15, -0.1) is 11.8 Å². The van der Waals surface area contributed by atoms with Gasteiger partial charge >= 0.3 is 5.97 Å². The summed E-state index contributed by atoms with van der Waals surface area (Å²) in [5, 5.41) is 0.598. The molecule has 21 heavy (non-hydrogen) atoms. The highest BCUT2D eigenvalue weighted by Crippen LogP contribution is 2.31. The van der Waals surface area contributed by atoms with Crippen LogP contribution in [0.5, 0.6) is 0 Å². The van der Waals surface area contributed by atoms with E-state index in [1.165, 1.54) is 31.0 Å². The lowest BCUT2D eigenvalue weighted by molar-refractivity contribution is 0.0595. The van der Waals surface area contributed by atoms with Crippen LogP contribution in [0.15, 0.2) is 41.3 Å². The molecule has 0 aromatic heterocycles. The zero-order valence-electron chi connectivity index (χ0n) is 11.2. The molecule has 0 heterocycles. The minimum Gasteiger partial charge on any atom is -0.465 e.